The van der Waals surface area contributed by atoms with E-state index in [1.807, 2.05) is 66.7 Å². The lowest BCUT2D eigenvalue weighted by atomic mass is 9.98. The van der Waals surface area contributed by atoms with Crippen molar-refractivity contribution in [1.82, 2.24) is 4.98 Å². The number of para-hydroxylation sites is 1. The third-order valence-electron chi connectivity index (χ3n) is 6.18. The number of hydrogen-bond donors (Lipinski definition) is 1. The van der Waals surface area contributed by atoms with E-state index >= 15 is 0 Å². The zero-order chi connectivity index (χ0) is 25.8. The van der Waals surface area contributed by atoms with E-state index in [1.165, 1.54) is 0 Å². The summed E-state index contributed by atoms with van der Waals surface area (Å²) in [5.74, 6) is 1.06. The number of furan rings is 1. The number of fused-ring (bicyclic) bond motifs is 1. The number of aromatic nitrogens is 1. The maximum Gasteiger partial charge on any atom is 0.227 e. The third kappa shape index (κ3) is 5.13. The topological polar surface area (TPSA) is 78.9 Å². The van der Waals surface area contributed by atoms with Crippen molar-refractivity contribution in [2.45, 2.75) is 25.3 Å². The van der Waals surface area contributed by atoms with E-state index in [-0.39, 0.29) is 18.2 Å². The quantitative estimate of drug-likeness (QED) is 0.230. The molecule has 5 rings (SSSR count). The molecule has 0 saturated heterocycles. The Hall–Kier alpha value is -4.34. The number of thioether (sulfide) groups is 1. The molecule has 1 N–H and O–H groups in total. The fourth-order valence-electron chi connectivity index (χ4n) is 4.34. The van der Waals surface area contributed by atoms with Gasteiger partial charge >= 0.3 is 0 Å². The van der Waals surface area contributed by atoms with Crippen molar-refractivity contribution in [2.75, 3.05) is 11.1 Å². The van der Waals surface area contributed by atoms with Crippen molar-refractivity contribution >= 4 is 34.5 Å². The number of nitrogens with one attached hydrogen (secondary N) is 1. The second kappa shape index (κ2) is 10.7. The summed E-state index contributed by atoms with van der Waals surface area (Å²) >= 11 is 1.54. The number of anilines is 1. The smallest absolute Gasteiger partial charge is 0.227 e. The molecule has 2 aromatic heterocycles. The Morgan fingerprint density at radius 1 is 0.946 bits per heavy atom. The van der Waals surface area contributed by atoms with Gasteiger partial charge in [-0.2, -0.15) is 5.26 Å². The number of carbonyl (C=O) groups is 1. The molecular weight excluding hydrogens is 478 g/mol. The molecule has 0 bridgehead atoms. The van der Waals surface area contributed by atoms with Crippen LogP contribution < -0.4 is 5.32 Å². The Kier molecular flexibility index (Phi) is 7.07. The molecule has 0 aliphatic rings. The number of pyridine rings is 1. The summed E-state index contributed by atoms with van der Waals surface area (Å²) in [4.78, 5) is 17.7. The van der Waals surface area contributed by atoms with Crippen molar-refractivity contribution in [1.29, 1.82) is 5.26 Å². The molecule has 2 heterocycles. The van der Waals surface area contributed by atoms with Gasteiger partial charge < -0.3 is 4.42 Å². The van der Waals surface area contributed by atoms with E-state index < -0.39 is 0 Å². The highest BCUT2D eigenvalue weighted by Gasteiger charge is 2.24. The molecular formula is C31H25N3O2S. The summed E-state index contributed by atoms with van der Waals surface area (Å²) in [7, 11) is 0. The maximum atomic E-state index is 12.9. The van der Waals surface area contributed by atoms with Crippen molar-refractivity contribution in [3.63, 3.8) is 0 Å². The van der Waals surface area contributed by atoms with Gasteiger partial charge in [-0.1, -0.05) is 78.9 Å². The molecule has 5 nitrogen and oxygen atoms in total. The van der Waals surface area contributed by atoms with Gasteiger partial charge in [0.2, 0.25) is 11.8 Å². The highest BCUT2D eigenvalue weighted by atomic mass is 32.2. The Labute approximate surface area is 220 Å². The van der Waals surface area contributed by atoms with Gasteiger partial charge in [0, 0.05) is 28.7 Å². The molecule has 182 valence electrons. The lowest BCUT2D eigenvalue weighted by molar-refractivity contribution is -0.115. The minimum Gasteiger partial charge on any atom is -0.438 e. The molecule has 0 atom stereocenters. The van der Waals surface area contributed by atoms with E-state index in [1.54, 1.807) is 11.8 Å². The molecule has 0 unspecified atom stereocenters. The number of aryl methyl sites for hydroxylation is 2. The summed E-state index contributed by atoms with van der Waals surface area (Å²) in [5, 5.41) is 14.9. The van der Waals surface area contributed by atoms with Crippen molar-refractivity contribution < 1.29 is 9.21 Å². The number of carbonyl (C=O) groups excluding carboxylic acids is 1. The van der Waals surface area contributed by atoms with E-state index in [0.717, 1.165) is 38.2 Å². The Balaban J connectivity index is 1.36. The average Bonchev–Trinajstić information content (AvgIpc) is 3.28. The van der Waals surface area contributed by atoms with E-state index in [2.05, 4.69) is 43.4 Å². The SMILES string of the molecule is Cc1cc(SCCC(=O)Nc2oc(-c3ccccc3)c(-c3ccccc3)c2C#N)nc2c(C)cccc12. The lowest BCUT2D eigenvalue weighted by Crippen LogP contribution is -2.12. The van der Waals surface area contributed by atoms with Gasteiger partial charge in [0.15, 0.2) is 0 Å². The largest absolute Gasteiger partial charge is 0.438 e. The molecule has 0 fully saturated rings. The third-order valence-corrected chi connectivity index (χ3v) is 7.09. The van der Waals surface area contributed by atoms with Gasteiger partial charge in [0.05, 0.1) is 10.5 Å². The van der Waals surface area contributed by atoms with Crippen LogP contribution in [0.4, 0.5) is 5.88 Å². The van der Waals surface area contributed by atoms with Crippen molar-refractivity contribution in [3.05, 3.63) is 102 Å². The van der Waals surface area contributed by atoms with Crippen LogP contribution in [0.5, 0.6) is 0 Å². The van der Waals surface area contributed by atoms with Crippen LogP contribution in [0.25, 0.3) is 33.4 Å². The van der Waals surface area contributed by atoms with Crippen LogP contribution in [-0.2, 0) is 4.79 Å². The Morgan fingerprint density at radius 3 is 2.35 bits per heavy atom. The number of nitrogens with zero attached hydrogens (tertiary/aromatic N) is 2. The molecule has 5 aromatic rings. The van der Waals surface area contributed by atoms with Gasteiger partial charge in [-0.05, 0) is 36.6 Å². The predicted octanol–water partition coefficient (Wildman–Crippen LogP) is 7.77. The second-order valence-electron chi connectivity index (χ2n) is 8.75. The van der Waals surface area contributed by atoms with Crippen LogP contribution in [-0.4, -0.2) is 16.6 Å². The lowest BCUT2D eigenvalue weighted by Gasteiger charge is -2.08. The molecule has 3 aromatic carbocycles. The van der Waals surface area contributed by atoms with E-state index in [4.69, 9.17) is 9.40 Å². The summed E-state index contributed by atoms with van der Waals surface area (Å²) < 4.78 is 6.12. The molecule has 0 aliphatic carbocycles. The fourth-order valence-corrected chi connectivity index (χ4v) is 5.25. The zero-order valence-corrected chi connectivity index (χ0v) is 21.4. The first-order valence-electron chi connectivity index (χ1n) is 12.0. The number of amides is 1. The van der Waals surface area contributed by atoms with Crippen LogP contribution in [0.1, 0.15) is 23.1 Å². The summed E-state index contributed by atoms with van der Waals surface area (Å²) in [5.41, 5.74) is 5.96. The number of hydrogen-bond acceptors (Lipinski definition) is 5. The van der Waals surface area contributed by atoms with Gasteiger partial charge in [-0.3, -0.25) is 10.1 Å². The van der Waals surface area contributed by atoms with Crippen LogP contribution in [0.3, 0.4) is 0 Å². The normalized spacial score (nSPS) is 10.8. The minimum absolute atomic E-state index is 0.172. The minimum atomic E-state index is -0.217. The monoisotopic (exact) mass is 503 g/mol. The van der Waals surface area contributed by atoms with E-state index in [9.17, 15) is 10.1 Å². The molecule has 0 aliphatic heterocycles. The van der Waals surface area contributed by atoms with Crippen LogP contribution in [0, 0.1) is 25.2 Å². The second-order valence-corrected chi connectivity index (χ2v) is 9.86. The van der Waals surface area contributed by atoms with Crippen LogP contribution in [0.15, 0.2) is 94.4 Å². The highest BCUT2D eigenvalue weighted by molar-refractivity contribution is 7.99. The molecule has 0 radical (unpaired) electrons. The summed E-state index contributed by atoms with van der Waals surface area (Å²) in [6, 6.07) is 29.7. The molecule has 37 heavy (non-hydrogen) atoms. The predicted molar refractivity (Wildman–Crippen MR) is 149 cm³/mol. The molecule has 6 heteroatoms. The van der Waals surface area contributed by atoms with Gasteiger partial charge in [-0.15, -0.1) is 11.8 Å². The van der Waals surface area contributed by atoms with Gasteiger partial charge in [0.1, 0.15) is 17.4 Å². The standard InChI is InChI=1S/C31H25N3O2S/c1-20-10-9-15-24-21(2)18-27(34-29(20)24)37-17-16-26(35)33-31-25(19-32)28(22-11-5-3-6-12-22)30(36-31)23-13-7-4-8-14-23/h3-15,18H,16-17H2,1-2H3,(H,33,35). The maximum absolute atomic E-state index is 12.9. The zero-order valence-electron chi connectivity index (χ0n) is 20.6. The van der Waals surface area contributed by atoms with Crippen molar-refractivity contribution in [2.24, 2.45) is 0 Å². The summed E-state index contributed by atoms with van der Waals surface area (Å²) in [6.07, 6.45) is 0.254. The summed E-state index contributed by atoms with van der Waals surface area (Å²) in [6.45, 7) is 4.13. The Bertz CT molecular complexity index is 1620. The van der Waals surface area contributed by atoms with E-state index in [0.29, 0.717) is 22.6 Å². The first-order chi connectivity index (χ1) is 18.0. The number of rotatable bonds is 7. The highest BCUT2D eigenvalue weighted by Crippen LogP contribution is 2.41. The first-order valence-corrected chi connectivity index (χ1v) is 13.0. The van der Waals surface area contributed by atoms with Crippen LogP contribution >= 0.6 is 11.8 Å². The van der Waals surface area contributed by atoms with Gasteiger partial charge in [0.25, 0.3) is 0 Å². The number of nitriles is 1. The first kappa shape index (κ1) is 24.4. The Morgan fingerprint density at radius 2 is 1.65 bits per heavy atom. The molecule has 1 amide bonds. The fraction of sp³-hybridized carbons (Fsp3) is 0.129. The molecule has 0 saturated carbocycles. The van der Waals surface area contributed by atoms with Gasteiger partial charge in [-0.25, -0.2) is 4.98 Å². The number of benzene rings is 3. The average molecular weight is 504 g/mol. The van der Waals surface area contributed by atoms with Crippen molar-refractivity contribution in [3.8, 4) is 28.5 Å². The van der Waals surface area contributed by atoms with Crippen LogP contribution in [0.2, 0.25) is 0 Å². The molecule has 0 spiro atoms.